The predicted molar refractivity (Wildman–Crippen MR) is 90.7 cm³/mol. The summed E-state index contributed by atoms with van der Waals surface area (Å²) < 4.78 is 11.8. The Morgan fingerprint density at radius 2 is 1.84 bits per heavy atom. The minimum absolute atomic E-state index is 0.186. The Morgan fingerprint density at radius 1 is 1.20 bits per heavy atom. The Kier molecular flexibility index (Phi) is 4.50. The average molecular weight is 362 g/mol. The molecular formula is C17H16ClN3O4. The van der Waals surface area contributed by atoms with Gasteiger partial charge in [-0.3, -0.25) is 4.68 Å². The van der Waals surface area contributed by atoms with Crippen molar-refractivity contribution in [1.82, 2.24) is 9.78 Å². The van der Waals surface area contributed by atoms with Gasteiger partial charge in [0.25, 0.3) is 5.79 Å². The molecule has 0 saturated carbocycles. The number of benzene rings is 1. The van der Waals surface area contributed by atoms with Crippen LogP contribution in [0.4, 0.5) is 5.69 Å². The predicted octanol–water partition coefficient (Wildman–Crippen LogP) is 2.72. The van der Waals surface area contributed by atoms with Crippen molar-refractivity contribution in [2.24, 2.45) is 0 Å². The summed E-state index contributed by atoms with van der Waals surface area (Å²) in [6.45, 7) is 3.58. The van der Waals surface area contributed by atoms with Crippen molar-refractivity contribution < 1.29 is 19.1 Å². The maximum Gasteiger partial charge on any atom is 0.350 e. The molecule has 25 heavy (non-hydrogen) atoms. The number of rotatable bonds is 4. The minimum atomic E-state index is -1.25. The van der Waals surface area contributed by atoms with Gasteiger partial charge in [-0.15, -0.1) is 0 Å². The van der Waals surface area contributed by atoms with Crippen LogP contribution in [-0.2, 0) is 25.6 Å². The smallest absolute Gasteiger partial charge is 0.350 e. The molecule has 1 aromatic carbocycles. The number of hydrogen-bond donors (Lipinski definition) is 1. The van der Waals surface area contributed by atoms with E-state index in [2.05, 4.69) is 10.4 Å². The molecule has 0 atom stereocenters. The first-order valence-electron chi connectivity index (χ1n) is 7.53. The standard InChI is InChI=1S/C17H16ClN3O4/c1-17(2)24-15(22)14(16(23)25-17)8-19-13-5-3-11(4-6-13)9-21-10-12(18)7-20-21/h3-8,10,19H,9H2,1-2H3. The second-order valence-corrected chi connectivity index (χ2v) is 6.37. The topological polar surface area (TPSA) is 82.5 Å². The van der Waals surface area contributed by atoms with Crippen molar-refractivity contribution >= 4 is 29.2 Å². The molecule has 2 heterocycles. The molecule has 0 unspecified atom stereocenters. The monoisotopic (exact) mass is 361 g/mol. The van der Waals surface area contributed by atoms with Crippen LogP contribution in [0.3, 0.4) is 0 Å². The van der Waals surface area contributed by atoms with Gasteiger partial charge >= 0.3 is 11.9 Å². The van der Waals surface area contributed by atoms with E-state index < -0.39 is 17.7 Å². The fourth-order valence-corrected chi connectivity index (χ4v) is 2.41. The molecule has 8 heteroatoms. The van der Waals surface area contributed by atoms with Crippen molar-refractivity contribution in [3.63, 3.8) is 0 Å². The largest absolute Gasteiger partial charge is 0.419 e. The van der Waals surface area contributed by atoms with E-state index in [9.17, 15) is 9.59 Å². The molecule has 0 amide bonds. The van der Waals surface area contributed by atoms with Gasteiger partial charge in [0.15, 0.2) is 5.57 Å². The number of aromatic nitrogens is 2. The van der Waals surface area contributed by atoms with Crippen LogP contribution < -0.4 is 5.32 Å². The van der Waals surface area contributed by atoms with Crippen LogP contribution in [0.25, 0.3) is 0 Å². The number of cyclic esters (lactones) is 2. The number of ether oxygens (including phenoxy) is 2. The molecule has 1 aliphatic rings. The van der Waals surface area contributed by atoms with Crippen molar-refractivity contribution in [2.45, 2.75) is 26.2 Å². The van der Waals surface area contributed by atoms with Gasteiger partial charge in [-0.25, -0.2) is 9.59 Å². The number of anilines is 1. The van der Waals surface area contributed by atoms with Crippen molar-refractivity contribution in [3.05, 3.63) is 59.0 Å². The molecule has 0 spiro atoms. The summed E-state index contributed by atoms with van der Waals surface area (Å²) in [6, 6.07) is 7.44. The third-order valence-electron chi connectivity index (χ3n) is 3.40. The molecule has 0 bridgehead atoms. The Labute approximate surface area is 149 Å². The number of nitrogens with one attached hydrogen (secondary N) is 1. The summed E-state index contributed by atoms with van der Waals surface area (Å²) in [6.07, 6.45) is 4.59. The normalized spacial score (nSPS) is 16.2. The summed E-state index contributed by atoms with van der Waals surface area (Å²) in [4.78, 5) is 23.7. The van der Waals surface area contributed by atoms with E-state index in [-0.39, 0.29) is 5.57 Å². The van der Waals surface area contributed by atoms with Crippen LogP contribution >= 0.6 is 11.6 Å². The Hall–Kier alpha value is -2.80. The van der Waals surface area contributed by atoms with Gasteiger partial charge in [-0.2, -0.15) is 5.10 Å². The highest BCUT2D eigenvalue weighted by atomic mass is 35.5. The summed E-state index contributed by atoms with van der Waals surface area (Å²) >= 11 is 5.83. The van der Waals surface area contributed by atoms with Crippen LogP contribution in [0.15, 0.2) is 48.4 Å². The van der Waals surface area contributed by atoms with E-state index in [1.165, 1.54) is 20.0 Å². The van der Waals surface area contributed by atoms with E-state index >= 15 is 0 Å². The highest BCUT2D eigenvalue weighted by Crippen LogP contribution is 2.22. The maximum absolute atomic E-state index is 11.8. The molecule has 1 aromatic heterocycles. The van der Waals surface area contributed by atoms with Crippen molar-refractivity contribution in [1.29, 1.82) is 0 Å². The van der Waals surface area contributed by atoms with Gasteiger partial charge in [0.05, 0.1) is 17.8 Å². The molecule has 7 nitrogen and oxygen atoms in total. The SMILES string of the molecule is CC1(C)OC(=O)C(=CNc2ccc(Cn3cc(Cl)cn3)cc2)C(=O)O1. The number of nitrogens with zero attached hydrogens (tertiary/aromatic N) is 2. The first-order chi connectivity index (χ1) is 11.8. The zero-order valence-corrected chi connectivity index (χ0v) is 14.4. The lowest BCUT2D eigenvalue weighted by molar-refractivity contribution is -0.222. The molecular weight excluding hydrogens is 346 g/mol. The van der Waals surface area contributed by atoms with E-state index in [1.807, 2.05) is 24.3 Å². The second kappa shape index (κ2) is 6.60. The quantitative estimate of drug-likeness (QED) is 0.512. The average Bonchev–Trinajstić information content (AvgIpc) is 2.92. The number of esters is 2. The zero-order chi connectivity index (χ0) is 18.0. The van der Waals surface area contributed by atoms with Crippen LogP contribution in [-0.4, -0.2) is 27.5 Å². The maximum atomic E-state index is 11.8. The summed E-state index contributed by atoms with van der Waals surface area (Å²) in [5, 5.41) is 7.59. The van der Waals surface area contributed by atoms with Crippen molar-refractivity contribution in [3.8, 4) is 0 Å². The third-order valence-corrected chi connectivity index (χ3v) is 3.60. The number of carbonyl (C=O) groups is 2. The van der Waals surface area contributed by atoms with Crippen LogP contribution in [0.2, 0.25) is 5.02 Å². The van der Waals surface area contributed by atoms with Gasteiger partial charge in [-0.1, -0.05) is 23.7 Å². The molecule has 2 aromatic rings. The van der Waals surface area contributed by atoms with Gasteiger partial charge in [0.2, 0.25) is 0 Å². The molecule has 3 rings (SSSR count). The lowest BCUT2D eigenvalue weighted by atomic mass is 10.2. The summed E-state index contributed by atoms with van der Waals surface area (Å²) in [7, 11) is 0. The lowest BCUT2D eigenvalue weighted by Gasteiger charge is -2.29. The van der Waals surface area contributed by atoms with E-state index in [4.69, 9.17) is 21.1 Å². The highest BCUT2D eigenvalue weighted by Gasteiger charge is 2.38. The van der Waals surface area contributed by atoms with Gasteiger partial charge in [0.1, 0.15) is 0 Å². The van der Waals surface area contributed by atoms with Gasteiger partial charge in [0, 0.05) is 31.9 Å². The van der Waals surface area contributed by atoms with Gasteiger partial charge in [-0.05, 0) is 17.7 Å². The number of carbonyl (C=O) groups excluding carboxylic acids is 2. The summed E-state index contributed by atoms with van der Waals surface area (Å²) in [5.41, 5.74) is 1.55. The number of hydrogen-bond acceptors (Lipinski definition) is 6. The molecule has 1 N–H and O–H groups in total. The fourth-order valence-electron chi connectivity index (χ4n) is 2.25. The van der Waals surface area contributed by atoms with Crippen LogP contribution in [0, 0.1) is 0 Å². The van der Waals surface area contributed by atoms with Crippen LogP contribution in [0.5, 0.6) is 0 Å². The molecule has 130 valence electrons. The third kappa shape index (κ3) is 4.19. The lowest BCUT2D eigenvalue weighted by Crippen LogP contribution is -2.42. The molecule has 1 saturated heterocycles. The Balaban J connectivity index is 1.65. The molecule has 0 radical (unpaired) electrons. The first-order valence-corrected chi connectivity index (χ1v) is 7.90. The fraction of sp³-hybridized carbons (Fsp3) is 0.235. The first kappa shape index (κ1) is 17.0. The molecule has 0 aliphatic carbocycles. The summed E-state index contributed by atoms with van der Waals surface area (Å²) in [5.74, 6) is -2.69. The van der Waals surface area contributed by atoms with Gasteiger partial charge < -0.3 is 14.8 Å². The number of halogens is 1. The Morgan fingerprint density at radius 3 is 2.40 bits per heavy atom. The van der Waals surface area contributed by atoms with E-state index in [0.717, 1.165) is 5.56 Å². The second-order valence-electron chi connectivity index (χ2n) is 5.93. The Bertz CT molecular complexity index is 818. The minimum Gasteiger partial charge on any atom is -0.419 e. The van der Waals surface area contributed by atoms with E-state index in [1.54, 1.807) is 17.1 Å². The van der Waals surface area contributed by atoms with Crippen LogP contribution in [0.1, 0.15) is 19.4 Å². The van der Waals surface area contributed by atoms with Crippen molar-refractivity contribution in [2.75, 3.05) is 5.32 Å². The van der Waals surface area contributed by atoms with E-state index in [0.29, 0.717) is 17.3 Å². The zero-order valence-electron chi connectivity index (χ0n) is 13.7. The molecule has 1 fully saturated rings. The molecule has 1 aliphatic heterocycles. The highest BCUT2D eigenvalue weighted by molar-refractivity contribution is 6.30.